The monoisotopic (exact) mass is 601 g/mol. The molecular weight excluding hydrogens is 570 g/mol. The average molecular weight is 602 g/mol. The number of hydrogen-bond acceptors (Lipinski definition) is 9. The van der Waals surface area contributed by atoms with Crippen LogP contribution in [0, 0.1) is 0 Å². The van der Waals surface area contributed by atoms with Crippen molar-refractivity contribution in [2.75, 3.05) is 12.9 Å². The molecule has 2 aromatic heterocycles. The second-order valence-electron chi connectivity index (χ2n) is 9.45. The van der Waals surface area contributed by atoms with Crippen molar-refractivity contribution in [2.45, 2.75) is 37.3 Å². The molecule has 1 aliphatic rings. The van der Waals surface area contributed by atoms with Gasteiger partial charge in [-0.1, -0.05) is 24.3 Å². The summed E-state index contributed by atoms with van der Waals surface area (Å²) < 4.78 is 66.5. The van der Waals surface area contributed by atoms with E-state index < -0.39 is 25.9 Å². The first-order valence-electron chi connectivity index (χ1n) is 12.7. The van der Waals surface area contributed by atoms with Gasteiger partial charge in [0, 0.05) is 59.8 Å². The highest BCUT2D eigenvalue weighted by Gasteiger charge is 2.34. The van der Waals surface area contributed by atoms with Gasteiger partial charge in [0.2, 0.25) is 0 Å². The van der Waals surface area contributed by atoms with Gasteiger partial charge in [0.1, 0.15) is 17.5 Å². The third kappa shape index (κ3) is 6.76. The fourth-order valence-electron chi connectivity index (χ4n) is 4.78. The molecule has 0 bridgehead atoms. The summed E-state index contributed by atoms with van der Waals surface area (Å²) in [5.74, 6) is -0.626. The number of carbonyl (C=O) groups excluding carboxylic acids is 1. The molecule has 11 nitrogen and oxygen atoms in total. The van der Waals surface area contributed by atoms with Crippen molar-refractivity contribution in [3.8, 4) is 16.9 Å². The number of nitrogens with one attached hydrogen (secondary N) is 1. The van der Waals surface area contributed by atoms with Crippen molar-refractivity contribution >= 4 is 36.8 Å². The first-order valence-corrected chi connectivity index (χ1v) is 16.2. The number of benzene rings is 2. The quantitative estimate of drug-likeness (QED) is 0.247. The van der Waals surface area contributed by atoms with E-state index in [2.05, 4.69) is 10.3 Å². The summed E-state index contributed by atoms with van der Waals surface area (Å²) in [6.45, 7) is 4.16. The lowest BCUT2D eigenvalue weighted by molar-refractivity contribution is 0.0514. The first-order chi connectivity index (χ1) is 19.3. The van der Waals surface area contributed by atoms with Crippen LogP contribution in [-0.2, 0) is 44.0 Å². The van der Waals surface area contributed by atoms with E-state index in [-0.39, 0.29) is 29.0 Å². The van der Waals surface area contributed by atoms with E-state index in [9.17, 15) is 21.6 Å². The van der Waals surface area contributed by atoms with Gasteiger partial charge in [0.15, 0.2) is 9.84 Å². The van der Waals surface area contributed by atoms with E-state index in [1.807, 2.05) is 36.9 Å². The Morgan fingerprint density at radius 3 is 2.46 bits per heavy atom. The van der Waals surface area contributed by atoms with Crippen LogP contribution < -0.4 is 10.1 Å². The van der Waals surface area contributed by atoms with Gasteiger partial charge in [-0.05, 0) is 32.0 Å². The maximum Gasteiger partial charge on any atom is 0.342 e. The Balaban J connectivity index is 0.000000714. The largest absolute Gasteiger partial charge is 0.474 e. The van der Waals surface area contributed by atoms with Gasteiger partial charge in [0.05, 0.1) is 29.0 Å². The first kappa shape index (κ1) is 30.2. The van der Waals surface area contributed by atoms with Crippen molar-refractivity contribution in [3.63, 3.8) is 0 Å². The second kappa shape index (κ2) is 12.0. The van der Waals surface area contributed by atoms with E-state index >= 15 is 0 Å². The van der Waals surface area contributed by atoms with E-state index in [1.165, 1.54) is 0 Å². The Kier molecular flexibility index (Phi) is 8.83. The molecule has 5 rings (SSSR count). The van der Waals surface area contributed by atoms with Crippen LogP contribution in [0.5, 0.6) is 5.75 Å². The lowest BCUT2D eigenvalue weighted by atomic mass is 9.93. The van der Waals surface area contributed by atoms with E-state index in [0.29, 0.717) is 29.6 Å². The van der Waals surface area contributed by atoms with Crippen LogP contribution >= 0.6 is 0 Å². The number of ether oxygens (including phenoxy) is 2. The van der Waals surface area contributed by atoms with Crippen molar-refractivity contribution in [1.29, 1.82) is 0 Å². The molecule has 218 valence electrons. The number of esters is 1. The summed E-state index contributed by atoms with van der Waals surface area (Å²) in [5.41, 5.74) is 3.71. The Morgan fingerprint density at radius 2 is 1.85 bits per heavy atom. The number of sulfone groups is 1. The highest BCUT2D eigenvalue weighted by atomic mass is 32.2. The average Bonchev–Trinajstić information content (AvgIpc) is 3.26. The third-order valence-corrected chi connectivity index (χ3v) is 7.98. The lowest BCUT2D eigenvalue weighted by Gasteiger charge is -2.29. The molecule has 2 N–H and O–H groups in total. The minimum absolute atomic E-state index is 0.151. The van der Waals surface area contributed by atoms with Gasteiger partial charge in [-0.2, -0.15) is 8.42 Å². The van der Waals surface area contributed by atoms with Crippen molar-refractivity contribution in [1.82, 2.24) is 14.9 Å². The number of aromatic nitrogens is 2. The Morgan fingerprint density at radius 1 is 1.17 bits per heavy atom. The smallest absolute Gasteiger partial charge is 0.342 e. The van der Waals surface area contributed by atoms with Crippen LogP contribution in [0.4, 0.5) is 0 Å². The van der Waals surface area contributed by atoms with Crippen molar-refractivity contribution in [3.05, 3.63) is 77.7 Å². The molecule has 13 heteroatoms. The molecule has 0 amide bonds. The number of rotatable bonds is 6. The summed E-state index contributed by atoms with van der Waals surface area (Å²) in [6, 6.07) is 12.0. The normalized spacial score (nSPS) is 14.9. The zero-order chi connectivity index (χ0) is 29.9. The predicted molar refractivity (Wildman–Crippen MR) is 154 cm³/mol. The predicted octanol–water partition coefficient (Wildman–Crippen LogP) is 3.72. The van der Waals surface area contributed by atoms with Crippen LogP contribution in [-0.4, -0.2) is 56.0 Å². The summed E-state index contributed by atoms with van der Waals surface area (Å²) in [5, 5.41) is 4.12. The fraction of sp³-hybridized carbons (Fsp3) is 0.286. The van der Waals surface area contributed by atoms with Crippen LogP contribution in [0.2, 0.25) is 0 Å². The van der Waals surface area contributed by atoms with Crippen LogP contribution in [0.3, 0.4) is 0 Å². The molecule has 2 aromatic carbocycles. The Labute approximate surface area is 238 Å². The van der Waals surface area contributed by atoms with Crippen molar-refractivity contribution in [2.24, 2.45) is 7.05 Å². The molecule has 41 heavy (non-hydrogen) atoms. The topological polar surface area (TPSA) is 154 Å². The van der Waals surface area contributed by atoms with Gasteiger partial charge < -0.3 is 14.0 Å². The third-order valence-electron chi connectivity index (χ3n) is 6.32. The highest BCUT2D eigenvalue weighted by Crippen LogP contribution is 2.44. The minimum Gasteiger partial charge on any atom is -0.474 e. The van der Waals surface area contributed by atoms with E-state index in [4.69, 9.17) is 14.0 Å². The van der Waals surface area contributed by atoms with Crippen LogP contribution in [0.15, 0.2) is 66.0 Å². The molecule has 0 saturated heterocycles. The highest BCUT2D eigenvalue weighted by molar-refractivity contribution is 7.90. The van der Waals surface area contributed by atoms with E-state index in [1.54, 1.807) is 49.6 Å². The molecule has 0 radical (unpaired) electrons. The molecule has 0 spiro atoms. The van der Waals surface area contributed by atoms with Gasteiger partial charge in [0.25, 0.3) is 10.1 Å². The number of fused-ring (bicyclic) bond motifs is 3. The van der Waals surface area contributed by atoms with Crippen LogP contribution in [0.1, 0.15) is 35.3 Å². The Hall–Kier alpha value is -3.78. The molecule has 1 atom stereocenters. The standard InChI is InChI=1S/C27H27N3O5S.CH4O3S/c1-4-34-27(31)24-22(16-36(32,33)19-10-6-5-7-11-19)25-23(20-14-29-17(2)35-26(20)24)21(15-30(25)3)18-9-8-12-28-13-18;1-5(2,3)4/h5-13,15,17,29H,4,14,16H2,1-3H3;1H3,(H,2,3,4). The number of aryl methyl sites for hydroxylation is 1. The number of hydrogen-bond donors (Lipinski definition) is 2. The second-order valence-corrected chi connectivity index (χ2v) is 12.9. The Bertz CT molecular complexity index is 1780. The molecule has 1 unspecified atom stereocenters. The van der Waals surface area contributed by atoms with Gasteiger partial charge >= 0.3 is 5.97 Å². The van der Waals surface area contributed by atoms with Crippen molar-refractivity contribution < 1.29 is 35.7 Å². The molecule has 0 saturated carbocycles. The fourth-order valence-corrected chi connectivity index (χ4v) is 6.18. The maximum absolute atomic E-state index is 13.6. The van der Waals surface area contributed by atoms with E-state index in [0.717, 1.165) is 22.1 Å². The van der Waals surface area contributed by atoms with Crippen LogP contribution in [0.25, 0.3) is 22.0 Å². The molecule has 1 aliphatic heterocycles. The SMILES string of the molecule is CCOC(=O)c1c2c(c3c(-c4cccnc4)cn(C)c3c1CS(=O)(=O)c1ccccc1)CNC(C)O2.CS(=O)(=O)O. The molecule has 0 fully saturated rings. The lowest BCUT2D eigenvalue weighted by Crippen LogP contribution is -2.36. The summed E-state index contributed by atoms with van der Waals surface area (Å²) in [7, 11) is -5.61. The maximum atomic E-state index is 13.6. The molecule has 4 aromatic rings. The zero-order valence-electron chi connectivity index (χ0n) is 23.0. The molecule has 0 aliphatic carbocycles. The summed E-state index contributed by atoms with van der Waals surface area (Å²) in [4.78, 5) is 17.8. The molecular formula is C28H31N3O8S2. The summed E-state index contributed by atoms with van der Waals surface area (Å²) >= 11 is 0. The zero-order valence-corrected chi connectivity index (χ0v) is 24.6. The number of carbonyl (C=O) groups is 1. The van der Waals surface area contributed by atoms with Gasteiger partial charge in [-0.25, -0.2) is 13.2 Å². The molecule has 3 heterocycles. The van der Waals surface area contributed by atoms with Gasteiger partial charge in [-0.3, -0.25) is 14.9 Å². The van der Waals surface area contributed by atoms with Gasteiger partial charge in [-0.15, -0.1) is 0 Å². The minimum atomic E-state index is -3.79. The number of nitrogens with zero attached hydrogens (tertiary/aromatic N) is 2. The number of pyridine rings is 1. The summed E-state index contributed by atoms with van der Waals surface area (Å²) in [6.07, 6.45) is 5.75.